The average Bonchev–Trinajstić information content (AvgIpc) is 2.84. The molecule has 0 bridgehead atoms. The second-order valence-electron chi connectivity index (χ2n) is 5.05. The van der Waals surface area contributed by atoms with Gasteiger partial charge in [-0.3, -0.25) is 0 Å². The van der Waals surface area contributed by atoms with Crippen LogP contribution >= 0.6 is 0 Å². The summed E-state index contributed by atoms with van der Waals surface area (Å²) in [5, 5.41) is 0. The van der Waals surface area contributed by atoms with Crippen LogP contribution in [0.4, 0.5) is 4.79 Å². The summed E-state index contributed by atoms with van der Waals surface area (Å²) in [7, 11) is 1.68. The molecule has 0 saturated carbocycles. The molecule has 1 aliphatic carbocycles. The molecule has 2 atom stereocenters. The topological polar surface area (TPSA) is 55.6 Å². The molecule has 4 heteroatoms. The minimum absolute atomic E-state index is 0.0531. The van der Waals surface area contributed by atoms with E-state index in [1.807, 2.05) is 25.1 Å². The minimum Gasteiger partial charge on any atom is -0.428 e. The zero-order chi connectivity index (χ0) is 14.7. The summed E-state index contributed by atoms with van der Waals surface area (Å²) in [6.45, 7) is 2.45. The molecule has 1 aliphatic rings. The third kappa shape index (κ3) is 2.78. The van der Waals surface area contributed by atoms with Gasteiger partial charge in [0.2, 0.25) is 0 Å². The number of amides is 1. The van der Waals surface area contributed by atoms with Gasteiger partial charge in [-0.1, -0.05) is 18.1 Å². The van der Waals surface area contributed by atoms with Gasteiger partial charge in [0.15, 0.2) is 6.10 Å². The van der Waals surface area contributed by atoms with E-state index in [2.05, 4.69) is 5.92 Å². The minimum atomic E-state index is -0.672. The number of hydrogen-bond acceptors (Lipinski definition) is 3. The number of benzene rings is 1. The number of rotatable bonds is 3. The van der Waals surface area contributed by atoms with Crippen molar-refractivity contribution in [1.29, 1.82) is 0 Å². The van der Waals surface area contributed by atoms with Crippen LogP contribution in [0, 0.1) is 12.3 Å². The second-order valence-corrected chi connectivity index (χ2v) is 5.05. The van der Waals surface area contributed by atoms with E-state index >= 15 is 0 Å². The molecule has 0 heterocycles. The highest BCUT2D eigenvalue weighted by Crippen LogP contribution is 2.32. The number of carbonyl (C=O) groups is 1. The van der Waals surface area contributed by atoms with Crippen LogP contribution in [0.2, 0.25) is 0 Å². The van der Waals surface area contributed by atoms with E-state index in [0.29, 0.717) is 6.54 Å². The van der Waals surface area contributed by atoms with Crippen LogP contribution in [0.5, 0.6) is 0 Å². The highest BCUT2D eigenvalue weighted by atomic mass is 16.6. The third-order valence-corrected chi connectivity index (χ3v) is 3.75. The van der Waals surface area contributed by atoms with Crippen molar-refractivity contribution in [1.82, 2.24) is 4.90 Å². The van der Waals surface area contributed by atoms with Gasteiger partial charge in [-0.05, 0) is 37.0 Å². The molecule has 2 unspecified atom stereocenters. The number of terminal acetylenes is 1. The first-order chi connectivity index (χ1) is 9.56. The number of nitrogens with two attached hydrogens (primary N) is 1. The Morgan fingerprint density at radius 3 is 3.05 bits per heavy atom. The third-order valence-electron chi connectivity index (χ3n) is 3.75. The lowest BCUT2D eigenvalue weighted by Crippen LogP contribution is -2.28. The van der Waals surface area contributed by atoms with Crippen LogP contribution < -0.4 is 5.73 Å². The van der Waals surface area contributed by atoms with Crippen molar-refractivity contribution in [3.63, 3.8) is 0 Å². The van der Waals surface area contributed by atoms with E-state index in [0.717, 1.165) is 24.0 Å². The van der Waals surface area contributed by atoms with Crippen LogP contribution in [0.3, 0.4) is 0 Å². The highest BCUT2D eigenvalue weighted by molar-refractivity contribution is 5.68. The molecule has 0 saturated heterocycles. The Bertz CT molecular complexity index is 548. The van der Waals surface area contributed by atoms with Gasteiger partial charge in [0.25, 0.3) is 0 Å². The predicted octanol–water partition coefficient (Wildman–Crippen LogP) is 2.40. The van der Waals surface area contributed by atoms with Gasteiger partial charge in [-0.2, -0.15) is 0 Å². The predicted molar refractivity (Wildman–Crippen MR) is 78.1 cm³/mol. The van der Waals surface area contributed by atoms with Crippen molar-refractivity contribution in [2.24, 2.45) is 5.73 Å². The molecule has 4 nitrogen and oxygen atoms in total. The molecule has 1 aromatic rings. The Balaban J connectivity index is 2.19. The molecule has 2 N–H and O–H groups in total. The van der Waals surface area contributed by atoms with Gasteiger partial charge < -0.3 is 15.4 Å². The number of ether oxygens (including phenoxy) is 1. The standard InChI is InChI=1S/C16H20N2O2/c1-4-15(20-16(19)18(3)5-2)12-7-6-11-8-9-14(17)13(11)10-12/h1,6-7,10,14-15H,5,8-9,17H2,2-3H3. The van der Waals surface area contributed by atoms with Gasteiger partial charge in [0, 0.05) is 25.2 Å². The molecule has 0 fully saturated rings. The molecule has 1 amide bonds. The first-order valence-electron chi connectivity index (χ1n) is 6.83. The van der Waals surface area contributed by atoms with Gasteiger partial charge in [-0.25, -0.2) is 4.79 Å². The quantitative estimate of drug-likeness (QED) is 0.860. The number of aryl methyl sites for hydroxylation is 1. The van der Waals surface area contributed by atoms with Crippen molar-refractivity contribution in [3.8, 4) is 12.3 Å². The average molecular weight is 272 g/mol. The van der Waals surface area contributed by atoms with Crippen LogP contribution in [-0.2, 0) is 11.2 Å². The van der Waals surface area contributed by atoms with E-state index in [1.54, 1.807) is 7.05 Å². The van der Waals surface area contributed by atoms with Crippen molar-refractivity contribution < 1.29 is 9.53 Å². The Hall–Kier alpha value is -1.99. The maximum atomic E-state index is 11.8. The SMILES string of the molecule is C#CC(OC(=O)N(C)CC)c1ccc2c(c1)C(N)CC2. The summed E-state index contributed by atoms with van der Waals surface area (Å²) in [5.41, 5.74) is 9.24. The fourth-order valence-corrected chi connectivity index (χ4v) is 2.33. The number of carbonyl (C=O) groups excluding carboxylic acids is 1. The largest absolute Gasteiger partial charge is 0.428 e. The lowest BCUT2D eigenvalue weighted by Gasteiger charge is -2.19. The van der Waals surface area contributed by atoms with Crippen molar-refractivity contribution in [2.75, 3.05) is 13.6 Å². The zero-order valence-corrected chi connectivity index (χ0v) is 11.9. The van der Waals surface area contributed by atoms with Crippen molar-refractivity contribution in [2.45, 2.75) is 31.9 Å². The van der Waals surface area contributed by atoms with Crippen LogP contribution in [0.1, 0.15) is 42.2 Å². The lowest BCUT2D eigenvalue weighted by atomic mass is 10.0. The molecule has 0 aromatic heterocycles. The van der Waals surface area contributed by atoms with E-state index in [1.165, 1.54) is 10.5 Å². The van der Waals surface area contributed by atoms with Gasteiger partial charge in [0.05, 0.1) is 0 Å². The Kier molecular flexibility index (Phi) is 4.31. The maximum Gasteiger partial charge on any atom is 0.411 e. The van der Waals surface area contributed by atoms with E-state index in [4.69, 9.17) is 16.9 Å². The van der Waals surface area contributed by atoms with Crippen LogP contribution in [0.15, 0.2) is 18.2 Å². The molecule has 0 radical (unpaired) electrons. The fourth-order valence-electron chi connectivity index (χ4n) is 2.33. The van der Waals surface area contributed by atoms with Crippen LogP contribution in [0.25, 0.3) is 0 Å². The number of hydrogen-bond donors (Lipinski definition) is 1. The Morgan fingerprint density at radius 2 is 2.40 bits per heavy atom. The summed E-state index contributed by atoms with van der Waals surface area (Å²) in [6, 6.07) is 5.97. The normalized spacial score (nSPS) is 18.0. The summed E-state index contributed by atoms with van der Waals surface area (Å²) in [6.07, 6.45) is 6.36. The zero-order valence-electron chi connectivity index (χ0n) is 11.9. The smallest absolute Gasteiger partial charge is 0.411 e. The molecule has 20 heavy (non-hydrogen) atoms. The molecule has 1 aromatic carbocycles. The molecular weight excluding hydrogens is 252 g/mol. The Morgan fingerprint density at radius 1 is 1.65 bits per heavy atom. The summed E-state index contributed by atoms with van der Waals surface area (Å²) < 4.78 is 5.34. The summed E-state index contributed by atoms with van der Waals surface area (Å²) in [5.74, 6) is 2.52. The number of fused-ring (bicyclic) bond motifs is 1. The molecular formula is C16H20N2O2. The van der Waals surface area contributed by atoms with Crippen molar-refractivity contribution >= 4 is 6.09 Å². The molecule has 2 rings (SSSR count). The molecule has 0 aliphatic heterocycles. The van der Waals surface area contributed by atoms with Crippen LogP contribution in [-0.4, -0.2) is 24.6 Å². The Labute approximate surface area is 119 Å². The molecule has 0 spiro atoms. The highest BCUT2D eigenvalue weighted by Gasteiger charge is 2.22. The first kappa shape index (κ1) is 14.4. The van der Waals surface area contributed by atoms with E-state index in [-0.39, 0.29) is 6.04 Å². The lowest BCUT2D eigenvalue weighted by molar-refractivity contribution is 0.0923. The van der Waals surface area contributed by atoms with Gasteiger partial charge in [-0.15, -0.1) is 6.42 Å². The first-order valence-corrected chi connectivity index (χ1v) is 6.83. The summed E-state index contributed by atoms with van der Waals surface area (Å²) in [4.78, 5) is 13.3. The monoisotopic (exact) mass is 272 g/mol. The van der Waals surface area contributed by atoms with Gasteiger partial charge >= 0.3 is 6.09 Å². The maximum absolute atomic E-state index is 11.8. The van der Waals surface area contributed by atoms with Gasteiger partial charge in [0.1, 0.15) is 0 Å². The van der Waals surface area contributed by atoms with Crippen molar-refractivity contribution in [3.05, 3.63) is 34.9 Å². The van der Waals surface area contributed by atoms with E-state index in [9.17, 15) is 4.79 Å². The number of nitrogens with zero attached hydrogens (tertiary/aromatic N) is 1. The van der Waals surface area contributed by atoms with E-state index < -0.39 is 12.2 Å². The fraction of sp³-hybridized carbons (Fsp3) is 0.438. The second kappa shape index (κ2) is 5.98. The molecule has 106 valence electrons. The summed E-state index contributed by atoms with van der Waals surface area (Å²) >= 11 is 0.